The highest BCUT2D eigenvalue weighted by molar-refractivity contribution is 5.87. The van der Waals surface area contributed by atoms with Crippen molar-refractivity contribution in [1.29, 1.82) is 0 Å². The minimum atomic E-state index is -0.659. The predicted octanol–water partition coefficient (Wildman–Crippen LogP) is 2.38. The molecule has 0 saturated carbocycles. The van der Waals surface area contributed by atoms with E-state index in [0.29, 0.717) is 24.7 Å². The molecule has 4 nitrogen and oxygen atoms in total. The van der Waals surface area contributed by atoms with Gasteiger partial charge in [-0.15, -0.1) is 0 Å². The van der Waals surface area contributed by atoms with Crippen molar-refractivity contribution in [2.24, 2.45) is 5.92 Å². The molecule has 1 fully saturated rings. The van der Waals surface area contributed by atoms with Crippen LogP contribution in [-0.2, 0) is 15.0 Å². The number of likely N-dealkylation sites (N-methyl/N-ethyl adjacent to an activating group) is 1. The second kappa shape index (κ2) is 7.73. The number of nitrogens with one attached hydrogen (secondary N) is 2. The highest BCUT2D eigenvalue weighted by Crippen LogP contribution is 2.33. The zero-order valence-corrected chi connectivity index (χ0v) is 14.4. The van der Waals surface area contributed by atoms with Gasteiger partial charge in [-0.05, 0) is 55.8 Å². The Morgan fingerprint density at radius 3 is 2.65 bits per heavy atom. The monoisotopic (exact) mass is 316 g/mol. The molecule has 3 unspecified atom stereocenters. The van der Waals surface area contributed by atoms with Gasteiger partial charge in [-0.3, -0.25) is 4.79 Å². The Morgan fingerprint density at radius 2 is 2.09 bits per heavy atom. The van der Waals surface area contributed by atoms with E-state index in [1.54, 1.807) is 7.05 Å². The minimum Gasteiger partial charge on any atom is -0.358 e. The third-order valence-corrected chi connectivity index (χ3v) is 5.25. The maximum Gasteiger partial charge on any atom is 0.230 e. The smallest absolute Gasteiger partial charge is 0.230 e. The van der Waals surface area contributed by atoms with Crippen molar-refractivity contribution in [1.82, 2.24) is 10.6 Å². The van der Waals surface area contributed by atoms with Crippen LogP contribution in [0.1, 0.15) is 50.2 Å². The molecule has 126 valence electrons. The molecule has 0 spiro atoms. The largest absolute Gasteiger partial charge is 0.358 e. The summed E-state index contributed by atoms with van der Waals surface area (Å²) in [5, 5.41) is 6.16. The van der Waals surface area contributed by atoms with E-state index < -0.39 is 5.41 Å². The van der Waals surface area contributed by atoms with Crippen molar-refractivity contribution >= 4 is 12.2 Å². The number of hydrogen-bond acceptors (Lipinski definition) is 3. The Morgan fingerprint density at radius 1 is 1.39 bits per heavy atom. The van der Waals surface area contributed by atoms with Gasteiger partial charge in [-0.2, -0.15) is 0 Å². The van der Waals surface area contributed by atoms with Gasteiger partial charge < -0.3 is 15.4 Å². The van der Waals surface area contributed by atoms with Crippen LogP contribution in [-0.4, -0.2) is 32.3 Å². The zero-order chi connectivity index (χ0) is 16.9. The van der Waals surface area contributed by atoms with Gasteiger partial charge in [0.15, 0.2) is 0 Å². The molecule has 0 aliphatic carbocycles. The number of amides is 1. The van der Waals surface area contributed by atoms with Crippen LogP contribution in [0.25, 0.3) is 0 Å². The Kier molecular flexibility index (Phi) is 5.94. The number of aldehydes is 1. The van der Waals surface area contributed by atoms with Crippen LogP contribution in [0.5, 0.6) is 0 Å². The lowest BCUT2D eigenvalue weighted by molar-refractivity contribution is -0.126. The van der Waals surface area contributed by atoms with Crippen LogP contribution in [0, 0.1) is 5.92 Å². The molecule has 1 aliphatic rings. The summed E-state index contributed by atoms with van der Waals surface area (Å²) >= 11 is 0. The first-order valence-electron chi connectivity index (χ1n) is 8.50. The third kappa shape index (κ3) is 3.81. The molecule has 23 heavy (non-hydrogen) atoms. The van der Waals surface area contributed by atoms with Crippen LogP contribution in [0.15, 0.2) is 24.3 Å². The molecule has 1 aliphatic heterocycles. The van der Waals surface area contributed by atoms with Crippen molar-refractivity contribution in [3.8, 4) is 0 Å². The topological polar surface area (TPSA) is 58.2 Å². The first-order chi connectivity index (χ1) is 11.0. The van der Waals surface area contributed by atoms with Crippen molar-refractivity contribution < 1.29 is 9.59 Å². The average Bonchev–Trinajstić information content (AvgIpc) is 2.59. The van der Waals surface area contributed by atoms with Crippen LogP contribution in [0.2, 0.25) is 0 Å². The molecule has 0 bridgehead atoms. The number of carbonyl (C=O) groups is 2. The van der Waals surface area contributed by atoms with E-state index in [9.17, 15) is 9.59 Å². The summed E-state index contributed by atoms with van der Waals surface area (Å²) < 4.78 is 0. The lowest BCUT2D eigenvalue weighted by Crippen LogP contribution is -2.40. The maximum absolute atomic E-state index is 12.3. The van der Waals surface area contributed by atoms with Crippen LogP contribution in [0.3, 0.4) is 0 Å². The zero-order valence-electron chi connectivity index (χ0n) is 14.4. The SMILES string of the molecule is CNC(=O)C(C)(CCC=O)c1ccc(C2CCNCC2C)cc1. The highest BCUT2D eigenvalue weighted by atomic mass is 16.2. The summed E-state index contributed by atoms with van der Waals surface area (Å²) in [6.07, 6.45) is 2.95. The van der Waals surface area contributed by atoms with Crippen LogP contribution in [0.4, 0.5) is 0 Å². The summed E-state index contributed by atoms with van der Waals surface area (Å²) in [4.78, 5) is 23.1. The number of rotatable bonds is 6. The fourth-order valence-electron chi connectivity index (χ4n) is 3.62. The van der Waals surface area contributed by atoms with Crippen molar-refractivity contribution in [3.05, 3.63) is 35.4 Å². The van der Waals surface area contributed by atoms with Crippen LogP contribution < -0.4 is 10.6 Å². The Hall–Kier alpha value is -1.68. The van der Waals surface area contributed by atoms with Crippen molar-refractivity contribution in [2.45, 2.75) is 44.4 Å². The van der Waals surface area contributed by atoms with Gasteiger partial charge in [-0.1, -0.05) is 31.2 Å². The standard InChI is InChI=1S/C19H28N2O2/c1-14-13-21-11-9-17(14)15-5-7-16(8-6-15)19(2,10-4-12-22)18(23)20-3/h5-8,12,14,17,21H,4,9-11,13H2,1-3H3,(H,20,23). The van der Waals surface area contributed by atoms with E-state index in [0.717, 1.165) is 31.4 Å². The van der Waals surface area contributed by atoms with Gasteiger partial charge >= 0.3 is 0 Å². The van der Waals surface area contributed by atoms with Gasteiger partial charge in [-0.25, -0.2) is 0 Å². The number of carbonyl (C=O) groups excluding carboxylic acids is 2. The lowest BCUT2D eigenvalue weighted by Gasteiger charge is -2.31. The second-order valence-electron chi connectivity index (χ2n) is 6.82. The molecule has 2 N–H and O–H groups in total. The van der Waals surface area contributed by atoms with Gasteiger partial charge in [0.1, 0.15) is 6.29 Å². The molecule has 4 heteroatoms. The van der Waals surface area contributed by atoms with Gasteiger partial charge in [0.25, 0.3) is 0 Å². The Bertz CT molecular complexity index is 541. The molecule has 0 aromatic heterocycles. The fourth-order valence-corrected chi connectivity index (χ4v) is 3.62. The predicted molar refractivity (Wildman–Crippen MR) is 92.6 cm³/mol. The summed E-state index contributed by atoms with van der Waals surface area (Å²) in [6, 6.07) is 8.43. The molecule has 1 heterocycles. The molecule has 1 aromatic rings. The molecule has 2 rings (SSSR count). The summed E-state index contributed by atoms with van der Waals surface area (Å²) in [6.45, 7) is 6.31. The average molecular weight is 316 g/mol. The molecule has 1 aromatic carbocycles. The number of hydrogen-bond donors (Lipinski definition) is 2. The van der Waals surface area contributed by atoms with Crippen molar-refractivity contribution in [3.63, 3.8) is 0 Å². The number of piperidine rings is 1. The Labute approximate surface area is 139 Å². The van der Waals surface area contributed by atoms with E-state index in [4.69, 9.17) is 0 Å². The molecule has 1 saturated heterocycles. The fraction of sp³-hybridized carbons (Fsp3) is 0.579. The normalized spacial score (nSPS) is 23.8. The first kappa shape index (κ1) is 17.7. The molecular formula is C19H28N2O2. The van der Waals surface area contributed by atoms with Crippen molar-refractivity contribution in [2.75, 3.05) is 20.1 Å². The van der Waals surface area contributed by atoms with E-state index in [2.05, 4.69) is 41.8 Å². The summed E-state index contributed by atoms with van der Waals surface area (Å²) in [5.41, 5.74) is 1.66. The molecular weight excluding hydrogens is 288 g/mol. The third-order valence-electron chi connectivity index (χ3n) is 5.25. The summed E-state index contributed by atoms with van der Waals surface area (Å²) in [7, 11) is 1.65. The van der Waals surface area contributed by atoms with E-state index in [1.807, 2.05) is 6.92 Å². The lowest BCUT2D eigenvalue weighted by atomic mass is 9.76. The Balaban J connectivity index is 2.24. The number of benzene rings is 1. The van der Waals surface area contributed by atoms with Crippen LogP contribution >= 0.6 is 0 Å². The van der Waals surface area contributed by atoms with E-state index >= 15 is 0 Å². The second-order valence-corrected chi connectivity index (χ2v) is 6.82. The maximum atomic E-state index is 12.3. The van der Waals surface area contributed by atoms with E-state index in [1.165, 1.54) is 5.56 Å². The quantitative estimate of drug-likeness (QED) is 0.792. The van der Waals surface area contributed by atoms with Gasteiger partial charge in [0.05, 0.1) is 5.41 Å². The molecule has 1 amide bonds. The minimum absolute atomic E-state index is 0.0395. The molecule has 3 atom stereocenters. The molecule has 0 radical (unpaired) electrons. The van der Waals surface area contributed by atoms with Gasteiger partial charge in [0, 0.05) is 13.5 Å². The van der Waals surface area contributed by atoms with E-state index in [-0.39, 0.29) is 5.91 Å². The summed E-state index contributed by atoms with van der Waals surface area (Å²) in [5.74, 6) is 1.16. The highest BCUT2D eigenvalue weighted by Gasteiger charge is 2.34. The first-order valence-corrected chi connectivity index (χ1v) is 8.50. The van der Waals surface area contributed by atoms with Gasteiger partial charge in [0.2, 0.25) is 5.91 Å².